The Morgan fingerprint density at radius 3 is 2.53 bits per heavy atom. The molecule has 0 saturated carbocycles. The number of hydrogen-bond donors (Lipinski definition) is 1. The Morgan fingerprint density at radius 1 is 1.27 bits per heavy atom. The number of piperazine rings is 1. The first-order valence-corrected chi connectivity index (χ1v) is 5.73. The van der Waals surface area contributed by atoms with E-state index in [2.05, 4.69) is 49.2 Å². The molecule has 82 valence electrons. The zero-order valence-corrected chi connectivity index (χ0v) is 9.88. The summed E-state index contributed by atoms with van der Waals surface area (Å²) in [6.07, 6.45) is 0. The third kappa shape index (κ3) is 2.15. The average Bonchev–Trinajstić information content (AvgIpc) is 2.17. The highest BCUT2D eigenvalue weighted by molar-refractivity contribution is 5.59. The van der Waals surface area contributed by atoms with Crippen LogP contribution >= 0.6 is 0 Å². The summed E-state index contributed by atoms with van der Waals surface area (Å²) in [6.45, 7) is 9.99. The molecule has 1 aliphatic heterocycles. The van der Waals surface area contributed by atoms with Gasteiger partial charge < -0.3 is 10.2 Å². The highest BCUT2D eigenvalue weighted by Gasteiger charge is 2.18. The van der Waals surface area contributed by atoms with Gasteiger partial charge in [-0.25, -0.2) is 0 Å². The number of hydrogen-bond acceptors (Lipinski definition) is 2. The van der Waals surface area contributed by atoms with Gasteiger partial charge in [-0.05, 0) is 31.9 Å². The molecule has 1 heterocycles. The Kier molecular flexibility index (Phi) is 2.96. The Morgan fingerprint density at radius 2 is 1.93 bits per heavy atom. The molecule has 2 nitrogen and oxygen atoms in total. The molecule has 0 bridgehead atoms. The minimum absolute atomic E-state index is 0.595. The molecule has 1 fully saturated rings. The maximum Gasteiger partial charge on any atom is 0.0426 e. The van der Waals surface area contributed by atoms with E-state index < -0.39 is 0 Å². The van der Waals surface area contributed by atoms with Crippen molar-refractivity contribution in [3.63, 3.8) is 0 Å². The molecular formula is C13H20N2. The van der Waals surface area contributed by atoms with Crippen LogP contribution in [0.15, 0.2) is 18.2 Å². The molecule has 0 radical (unpaired) electrons. The SMILES string of the molecule is Cc1cccc(C)c1N1CCNC(C)C1. The largest absolute Gasteiger partial charge is 0.368 e. The molecule has 0 amide bonds. The third-order valence-electron chi connectivity index (χ3n) is 3.12. The third-order valence-corrected chi connectivity index (χ3v) is 3.12. The summed E-state index contributed by atoms with van der Waals surface area (Å²) >= 11 is 0. The number of rotatable bonds is 1. The van der Waals surface area contributed by atoms with Gasteiger partial charge in [-0.3, -0.25) is 0 Å². The molecule has 1 aromatic rings. The summed E-state index contributed by atoms with van der Waals surface area (Å²) in [7, 11) is 0. The fourth-order valence-electron chi connectivity index (χ4n) is 2.44. The molecule has 15 heavy (non-hydrogen) atoms. The highest BCUT2D eigenvalue weighted by atomic mass is 15.2. The second-order valence-corrected chi connectivity index (χ2v) is 4.54. The van der Waals surface area contributed by atoms with Gasteiger partial charge in [0, 0.05) is 31.4 Å². The van der Waals surface area contributed by atoms with Gasteiger partial charge in [0.1, 0.15) is 0 Å². The van der Waals surface area contributed by atoms with Gasteiger partial charge in [0.15, 0.2) is 0 Å². The molecule has 1 saturated heterocycles. The van der Waals surface area contributed by atoms with Gasteiger partial charge in [0.25, 0.3) is 0 Å². The van der Waals surface area contributed by atoms with Crippen LogP contribution in [-0.2, 0) is 0 Å². The standard InChI is InChI=1S/C13H20N2/c1-10-5-4-6-11(2)13(10)15-8-7-14-12(3)9-15/h4-6,12,14H,7-9H2,1-3H3. The van der Waals surface area contributed by atoms with Crippen LogP contribution in [0.2, 0.25) is 0 Å². The number of aryl methyl sites for hydroxylation is 2. The number of nitrogens with zero attached hydrogens (tertiary/aromatic N) is 1. The lowest BCUT2D eigenvalue weighted by molar-refractivity contribution is 0.484. The lowest BCUT2D eigenvalue weighted by Crippen LogP contribution is -2.49. The maximum atomic E-state index is 3.48. The van der Waals surface area contributed by atoms with Crippen molar-refractivity contribution in [2.75, 3.05) is 24.5 Å². The van der Waals surface area contributed by atoms with Crippen molar-refractivity contribution in [1.29, 1.82) is 0 Å². The Hall–Kier alpha value is -1.02. The molecular weight excluding hydrogens is 184 g/mol. The number of anilines is 1. The van der Waals surface area contributed by atoms with Crippen molar-refractivity contribution < 1.29 is 0 Å². The fourth-order valence-corrected chi connectivity index (χ4v) is 2.44. The van der Waals surface area contributed by atoms with Crippen LogP contribution in [0.4, 0.5) is 5.69 Å². The molecule has 1 N–H and O–H groups in total. The van der Waals surface area contributed by atoms with Crippen LogP contribution < -0.4 is 10.2 Å². The van der Waals surface area contributed by atoms with Crippen LogP contribution in [-0.4, -0.2) is 25.7 Å². The molecule has 1 aliphatic rings. The van der Waals surface area contributed by atoms with E-state index in [4.69, 9.17) is 0 Å². The van der Waals surface area contributed by atoms with Gasteiger partial charge in [0.05, 0.1) is 0 Å². The van der Waals surface area contributed by atoms with Gasteiger partial charge in [0.2, 0.25) is 0 Å². The highest BCUT2D eigenvalue weighted by Crippen LogP contribution is 2.25. The molecule has 0 aromatic heterocycles. The van der Waals surface area contributed by atoms with Crippen molar-refractivity contribution >= 4 is 5.69 Å². The van der Waals surface area contributed by atoms with E-state index in [1.165, 1.54) is 16.8 Å². The van der Waals surface area contributed by atoms with Crippen molar-refractivity contribution in [2.24, 2.45) is 0 Å². The van der Waals surface area contributed by atoms with Gasteiger partial charge >= 0.3 is 0 Å². The number of para-hydroxylation sites is 1. The monoisotopic (exact) mass is 204 g/mol. The van der Waals surface area contributed by atoms with Crippen molar-refractivity contribution in [3.8, 4) is 0 Å². The van der Waals surface area contributed by atoms with E-state index in [1.54, 1.807) is 0 Å². The Bertz CT molecular complexity index is 326. The summed E-state index contributed by atoms with van der Waals surface area (Å²) in [5.74, 6) is 0. The molecule has 0 aliphatic carbocycles. The average molecular weight is 204 g/mol. The second-order valence-electron chi connectivity index (χ2n) is 4.54. The van der Waals surface area contributed by atoms with E-state index in [0.29, 0.717) is 6.04 Å². The summed E-state index contributed by atoms with van der Waals surface area (Å²) < 4.78 is 0. The van der Waals surface area contributed by atoms with E-state index in [1.807, 2.05) is 0 Å². The van der Waals surface area contributed by atoms with Gasteiger partial charge in [-0.2, -0.15) is 0 Å². The predicted octanol–water partition coefficient (Wildman–Crippen LogP) is 2.10. The van der Waals surface area contributed by atoms with Crippen molar-refractivity contribution in [3.05, 3.63) is 29.3 Å². The Labute approximate surface area is 92.3 Å². The first kappa shape index (κ1) is 10.5. The zero-order chi connectivity index (χ0) is 10.8. The molecule has 2 heteroatoms. The molecule has 1 atom stereocenters. The van der Waals surface area contributed by atoms with E-state index in [-0.39, 0.29) is 0 Å². The number of nitrogens with one attached hydrogen (secondary N) is 1. The van der Waals surface area contributed by atoms with Crippen molar-refractivity contribution in [1.82, 2.24) is 5.32 Å². The van der Waals surface area contributed by atoms with Crippen molar-refractivity contribution in [2.45, 2.75) is 26.8 Å². The zero-order valence-electron chi connectivity index (χ0n) is 9.88. The number of benzene rings is 1. The van der Waals surface area contributed by atoms with Crippen LogP contribution in [0.5, 0.6) is 0 Å². The lowest BCUT2D eigenvalue weighted by atomic mass is 10.1. The van der Waals surface area contributed by atoms with E-state index in [9.17, 15) is 0 Å². The predicted molar refractivity (Wildman–Crippen MR) is 65.6 cm³/mol. The minimum Gasteiger partial charge on any atom is -0.368 e. The van der Waals surface area contributed by atoms with E-state index >= 15 is 0 Å². The van der Waals surface area contributed by atoms with Gasteiger partial charge in [-0.15, -0.1) is 0 Å². The first-order chi connectivity index (χ1) is 7.18. The second kappa shape index (κ2) is 4.23. The lowest BCUT2D eigenvalue weighted by Gasteiger charge is -2.35. The summed E-state index contributed by atoms with van der Waals surface area (Å²) in [6, 6.07) is 7.14. The smallest absolute Gasteiger partial charge is 0.0426 e. The first-order valence-electron chi connectivity index (χ1n) is 5.73. The summed E-state index contributed by atoms with van der Waals surface area (Å²) in [5.41, 5.74) is 4.22. The molecule has 0 spiro atoms. The minimum atomic E-state index is 0.595. The van der Waals surface area contributed by atoms with Gasteiger partial charge in [-0.1, -0.05) is 18.2 Å². The van der Waals surface area contributed by atoms with Crippen LogP contribution in [0.1, 0.15) is 18.1 Å². The maximum absolute atomic E-state index is 3.48. The van der Waals surface area contributed by atoms with Crippen LogP contribution in [0.3, 0.4) is 0 Å². The van der Waals surface area contributed by atoms with Crippen LogP contribution in [0.25, 0.3) is 0 Å². The summed E-state index contributed by atoms with van der Waals surface area (Å²) in [5, 5.41) is 3.48. The summed E-state index contributed by atoms with van der Waals surface area (Å²) in [4.78, 5) is 2.51. The quantitative estimate of drug-likeness (QED) is 0.753. The fraction of sp³-hybridized carbons (Fsp3) is 0.538. The molecule has 1 aromatic carbocycles. The molecule has 2 rings (SSSR count). The topological polar surface area (TPSA) is 15.3 Å². The van der Waals surface area contributed by atoms with Crippen LogP contribution in [0, 0.1) is 13.8 Å². The van der Waals surface area contributed by atoms with E-state index in [0.717, 1.165) is 19.6 Å². The Balaban J connectivity index is 2.28. The molecule has 1 unspecified atom stereocenters. The normalized spacial score (nSPS) is 21.8.